The molecule has 35 heavy (non-hydrogen) atoms. The van der Waals surface area contributed by atoms with Gasteiger partial charge in [0.15, 0.2) is 5.75 Å². The number of fused-ring (bicyclic) bond motifs is 3. The van der Waals surface area contributed by atoms with Gasteiger partial charge in [-0.2, -0.15) is 4.98 Å². The Morgan fingerprint density at radius 3 is 2.06 bits per heavy atom. The highest BCUT2D eigenvalue weighted by Gasteiger charge is 2.23. The Labute approximate surface area is 215 Å². The molecule has 0 fully saturated rings. The number of halogens is 3. The molecule has 4 aromatic carbocycles. The third-order valence-electron chi connectivity index (χ3n) is 5.90. The van der Waals surface area contributed by atoms with Crippen LogP contribution in [0.4, 0.5) is 0 Å². The van der Waals surface area contributed by atoms with Crippen LogP contribution in [0, 0.1) is 0 Å². The minimum Gasteiger partial charge on any atom is -0.494 e. The van der Waals surface area contributed by atoms with E-state index in [9.17, 15) is 0 Å². The molecule has 0 saturated heterocycles. The molecule has 0 unspecified atom stereocenters. The lowest BCUT2D eigenvalue weighted by molar-refractivity contribution is 0.412. The smallest absolute Gasteiger partial charge is 0.261 e. The Hall–Kier alpha value is -3.51. The minimum absolute atomic E-state index is 0.205. The first-order valence-electron chi connectivity index (χ1n) is 10.7. The summed E-state index contributed by atoms with van der Waals surface area (Å²) in [6.45, 7) is 0. The summed E-state index contributed by atoms with van der Waals surface area (Å²) in [5, 5.41) is 7.77. The second-order valence-electron chi connectivity index (χ2n) is 7.90. The summed E-state index contributed by atoms with van der Waals surface area (Å²) >= 11 is 19.3. The van der Waals surface area contributed by atoms with Gasteiger partial charge in [-0.1, -0.05) is 82.4 Å². The van der Waals surface area contributed by atoms with Crippen molar-refractivity contribution in [1.29, 1.82) is 0 Å². The van der Waals surface area contributed by atoms with E-state index in [-0.39, 0.29) is 5.89 Å². The van der Waals surface area contributed by atoms with Crippen molar-refractivity contribution in [3.8, 4) is 34.3 Å². The zero-order chi connectivity index (χ0) is 24.1. The number of hydrogen-bond acceptors (Lipinski definition) is 4. The normalized spacial score (nSPS) is 11.4. The van der Waals surface area contributed by atoms with Gasteiger partial charge in [0.2, 0.25) is 5.82 Å². The lowest BCUT2D eigenvalue weighted by Crippen LogP contribution is -2.00. The van der Waals surface area contributed by atoms with E-state index in [4.69, 9.17) is 44.1 Å². The van der Waals surface area contributed by atoms with E-state index in [1.807, 2.05) is 30.3 Å². The van der Waals surface area contributed by atoms with Crippen LogP contribution in [0.25, 0.3) is 50.3 Å². The fraction of sp³-hybridized carbons (Fsp3) is 0.0370. The summed E-state index contributed by atoms with van der Waals surface area (Å²) in [5.41, 5.74) is 3.86. The third kappa shape index (κ3) is 3.55. The monoisotopic (exact) mass is 519 g/mol. The number of hydrogen-bond donors (Lipinski definition) is 0. The molecule has 0 amide bonds. The zero-order valence-electron chi connectivity index (χ0n) is 18.3. The van der Waals surface area contributed by atoms with Crippen molar-refractivity contribution in [2.45, 2.75) is 0 Å². The van der Waals surface area contributed by atoms with Crippen molar-refractivity contribution in [1.82, 2.24) is 14.7 Å². The Balaban J connectivity index is 1.61. The van der Waals surface area contributed by atoms with Crippen LogP contribution < -0.4 is 4.74 Å². The Kier molecular flexibility index (Phi) is 5.41. The largest absolute Gasteiger partial charge is 0.494 e. The van der Waals surface area contributed by atoms with E-state index in [0.29, 0.717) is 37.8 Å². The van der Waals surface area contributed by atoms with Crippen LogP contribution in [0.5, 0.6) is 5.75 Å². The lowest BCUT2D eigenvalue weighted by atomic mass is 10.1. The van der Waals surface area contributed by atoms with Crippen molar-refractivity contribution >= 4 is 56.6 Å². The third-order valence-corrected chi connectivity index (χ3v) is 6.75. The maximum absolute atomic E-state index is 6.63. The molecule has 0 aliphatic heterocycles. The number of methoxy groups -OCH3 is 1. The van der Waals surface area contributed by atoms with Crippen molar-refractivity contribution in [3.05, 3.63) is 93.9 Å². The van der Waals surface area contributed by atoms with Crippen LogP contribution in [-0.2, 0) is 0 Å². The number of ether oxygens (including phenoxy) is 1. The highest BCUT2D eigenvalue weighted by molar-refractivity contribution is 6.38. The molecular formula is C27H16Cl3N3O2. The molecule has 5 nitrogen and oxygen atoms in total. The van der Waals surface area contributed by atoms with Crippen LogP contribution in [0.1, 0.15) is 0 Å². The highest BCUT2D eigenvalue weighted by atomic mass is 35.5. The molecule has 0 spiro atoms. The number of aromatic nitrogens is 3. The van der Waals surface area contributed by atoms with E-state index in [2.05, 4.69) is 39.0 Å². The molecule has 6 aromatic rings. The number of nitrogens with zero attached hydrogens (tertiary/aromatic N) is 3. The highest BCUT2D eigenvalue weighted by Crippen LogP contribution is 2.42. The number of benzene rings is 4. The van der Waals surface area contributed by atoms with Gasteiger partial charge in [-0.25, -0.2) is 0 Å². The fourth-order valence-corrected chi connectivity index (χ4v) is 5.22. The summed E-state index contributed by atoms with van der Waals surface area (Å²) < 4.78 is 13.6. The first kappa shape index (κ1) is 22.0. The Bertz CT molecular complexity index is 1670. The predicted octanol–water partition coefficient (Wildman–Crippen LogP) is 8.47. The molecule has 0 radical (unpaired) electrons. The van der Waals surface area contributed by atoms with Gasteiger partial charge in [0.25, 0.3) is 5.89 Å². The van der Waals surface area contributed by atoms with Gasteiger partial charge in [-0.05, 0) is 36.4 Å². The van der Waals surface area contributed by atoms with E-state index in [0.717, 1.165) is 27.5 Å². The first-order valence-corrected chi connectivity index (χ1v) is 11.8. The van der Waals surface area contributed by atoms with E-state index in [1.165, 1.54) is 0 Å². The standard InChI is InChI=1S/C27H16Cl3N3O2/c1-34-25-18(26-31-27(35-32-26)24-19(29)9-6-10-20(24)30)13-15(28)14-23(25)33-21-11-4-2-7-16(21)17-8-3-5-12-22(17)33/h2-14H,1H3. The molecule has 0 N–H and O–H groups in total. The van der Waals surface area contributed by atoms with E-state index < -0.39 is 0 Å². The fourth-order valence-electron chi connectivity index (χ4n) is 4.44. The van der Waals surface area contributed by atoms with Gasteiger partial charge >= 0.3 is 0 Å². The van der Waals surface area contributed by atoms with Crippen LogP contribution in [0.3, 0.4) is 0 Å². The molecule has 6 rings (SSSR count). The molecular weight excluding hydrogens is 505 g/mol. The summed E-state index contributed by atoms with van der Waals surface area (Å²) in [6, 6.07) is 25.2. The Morgan fingerprint density at radius 2 is 1.43 bits per heavy atom. The van der Waals surface area contributed by atoms with Gasteiger partial charge in [0.1, 0.15) is 0 Å². The van der Waals surface area contributed by atoms with Gasteiger partial charge in [0, 0.05) is 15.8 Å². The van der Waals surface area contributed by atoms with Gasteiger partial charge in [-0.3, -0.25) is 0 Å². The molecule has 2 aromatic heterocycles. The predicted molar refractivity (Wildman–Crippen MR) is 141 cm³/mol. The van der Waals surface area contributed by atoms with Crippen molar-refractivity contribution in [2.75, 3.05) is 7.11 Å². The van der Waals surface area contributed by atoms with Crippen molar-refractivity contribution < 1.29 is 9.26 Å². The quantitative estimate of drug-likeness (QED) is 0.234. The first-order chi connectivity index (χ1) is 17.1. The second-order valence-corrected chi connectivity index (χ2v) is 9.15. The summed E-state index contributed by atoms with van der Waals surface area (Å²) in [6.07, 6.45) is 0. The second kappa shape index (κ2) is 8.61. The van der Waals surface area contributed by atoms with E-state index >= 15 is 0 Å². The summed E-state index contributed by atoms with van der Waals surface area (Å²) in [7, 11) is 1.61. The van der Waals surface area contributed by atoms with Crippen LogP contribution in [-0.4, -0.2) is 21.8 Å². The van der Waals surface area contributed by atoms with Crippen molar-refractivity contribution in [3.63, 3.8) is 0 Å². The lowest BCUT2D eigenvalue weighted by Gasteiger charge is -2.15. The van der Waals surface area contributed by atoms with Gasteiger partial charge < -0.3 is 13.8 Å². The minimum atomic E-state index is 0.205. The number of para-hydroxylation sites is 2. The van der Waals surface area contributed by atoms with Crippen LogP contribution >= 0.6 is 34.8 Å². The molecule has 0 bridgehead atoms. The van der Waals surface area contributed by atoms with Gasteiger partial charge in [-0.15, -0.1) is 0 Å². The molecule has 8 heteroatoms. The summed E-state index contributed by atoms with van der Waals surface area (Å²) in [4.78, 5) is 4.57. The summed E-state index contributed by atoms with van der Waals surface area (Å²) in [5.74, 6) is 1.06. The SMILES string of the molecule is COc1c(-c2noc(-c3c(Cl)cccc3Cl)n2)cc(Cl)cc1-n1c2ccccc2c2ccccc21. The Morgan fingerprint density at radius 1 is 0.800 bits per heavy atom. The topological polar surface area (TPSA) is 53.1 Å². The molecule has 0 aliphatic carbocycles. The van der Waals surface area contributed by atoms with E-state index in [1.54, 1.807) is 31.4 Å². The van der Waals surface area contributed by atoms with Crippen molar-refractivity contribution in [2.24, 2.45) is 0 Å². The maximum atomic E-state index is 6.63. The average molecular weight is 521 g/mol. The maximum Gasteiger partial charge on any atom is 0.261 e. The molecule has 0 aliphatic rings. The van der Waals surface area contributed by atoms with Crippen LogP contribution in [0.15, 0.2) is 83.4 Å². The average Bonchev–Trinajstić information content (AvgIpc) is 3.47. The number of rotatable bonds is 4. The molecule has 2 heterocycles. The molecule has 172 valence electrons. The van der Waals surface area contributed by atoms with Gasteiger partial charge in [0.05, 0.1) is 45.0 Å². The molecule has 0 saturated carbocycles. The molecule has 0 atom stereocenters. The zero-order valence-corrected chi connectivity index (χ0v) is 20.6. The van der Waals surface area contributed by atoms with Crippen LogP contribution in [0.2, 0.25) is 15.1 Å².